The normalized spacial score (nSPS) is 12.4. The molecule has 1 amide bonds. The van der Waals surface area contributed by atoms with Crippen LogP contribution in [0.2, 0.25) is 0 Å². The summed E-state index contributed by atoms with van der Waals surface area (Å²) in [7, 11) is -4.20. The van der Waals surface area contributed by atoms with Crippen molar-refractivity contribution in [3.8, 4) is 0 Å². The zero-order valence-electron chi connectivity index (χ0n) is 7.36. The van der Waals surface area contributed by atoms with Crippen molar-refractivity contribution in [2.75, 3.05) is 0 Å². The number of nitrogens with one attached hydrogen (secondary N) is 1. The quantitative estimate of drug-likeness (QED) is 0.517. The van der Waals surface area contributed by atoms with Crippen LogP contribution in [0.15, 0.2) is 23.3 Å². The van der Waals surface area contributed by atoms with Crippen molar-refractivity contribution in [1.29, 1.82) is 0 Å². The van der Waals surface area contributed by atoms with Gasteiger partial charge in [-0.05, 0) is 13.8 Å². The molecule has 0 atom stereocenters. The van der Waals surface area contributed by atoms with Crippen molar-refractivity contribution in [2.24, 2.45) is 0 Å². The molecule has 0 unspecified atom stereocenters. The maximum atomic E-state index is 10.9. The average molecular weight is 205 g/mol. The first-order valence-corrected chi connectivity index (χ1v) is 4.85. The third kappa shape index (κ3) is 6.06. The number of amides is 1. The monoisotopic (exact) mass is 205 g/mol. The van der Waals surface area contributed by atoms with Gasteiger partial charge in [0, 0.05) is 11.3 Å². The van der Waals surface area contributed by atoms with Crippen molar-refractivity contribution < 1.29 is 17.8 Å². The highest BCUT2D eigenvalue weighted by atomic mass is 32.2. The number of hydrogen-bond acceptors (Lipinski definition) is 3. The van der Waals surface area contributed by atoms with Gasteiger partial charge in [0.2, 0.25) is 5.91 Å². The Balaban J connectivity index is 4.50. The summed E-state index contributed by atoms with van der Waals surface area (Å²) < 4.78 is 29.0. The van der Waals surface area contributed by atoms with E-state index >= 15 is 0 Å². The zero-order valence-corrected chi connectivity index (χ0v) is 8.18. The van der Waals surface area contributed by atoms with E-state index in [9.17, 15) is 13.2 Å². The van der Waals surface area contributed by atoms with Crippen molar-refractivity contribution in [1.82, 2.24) is 5.32 Å². The molecule has 0 saturated carbocycles. The van der Waals surface area contributed by atoms with Crippen LogP contribution in [0.5, 0.6) is 0 Å². The first-order valence-electron chi connectivity index (χ1n) is 3.35. The molecule has 6 heteroatoms. The lowest BCUT2D eigenvalue weighted by Gasteiger charge is -2.02. The van der Waals surface area contributed by atoms with Gasteiger partial charge in [-0.3, -0.25) is 9.35 Å². The molecule has 0 saturated heterocycles. The minimum absolute atomic E-state index is 0.0375. The number of carbonyl (C=O) groups is 1. The lowest BCUT2D eigenvalue weighted by atomic mass is 10.3. The van der Waals surface area contributed by atoms with E-state index in [-0.39, 0.29) is 11.3 Å². The molecule has 13 heavy (non-hydrogen) atoms. The van der Waals surface area contributed by atoms with Crippen LogP contribution in [0.3, 0.4) is 0 Å². The van der Waals surface area contributed by atoms with Crippen LogP contribution in [-0.2, 0) is 14.9 Å². The Kier molecular flexibility index (Phi) is 3.83. The minimum atomic E-state index is -4.20. The van der Waals surface area contributed by atoms with Crippen LogP contribution in [0.4, 0.5) is 0 Å². The lowest BCUT2D eigenvalue weighted by Crippen LogP contribution is -2.22. The van der Waals surface area contributed by atoms with Crippen LogP contribution >= 0.6 is 0 Å². The Bertz CT molecular complexity index is 353. The summed E-state index contributed by atoms with van der Waals surface area (Å²) in [6, 6.07) is 0. The van der Waals surface area contributed by atoms with E-state index in [1.807, 2.05) is 0 Å². The molecule has 0 radical (unpaired) electrons. The van der Waals surface area contributed by atoms with Crippen LogP contribution in [0, 0.1) is 0 Å². The second-order valence-electron chi connectivity index (χ2n) is 2.55. The summed E-state index contributed by atoms with van der Waals surface area (Å²) in [5.41, 5.74) is 0.290. The number of hydrogen-bond donors (Lipinski definition) is 2. The van der Waals surface area contributed by atoms with Gasteiger partial charge in [0.1, 0.15) is 0 Å². The van der Waals surface area contributed by atoms with Gasteiger partial charge in [0.15, 0.2) is 0 Å². The van der Waals surface area contributed by atoms with Gasteiger partial charge in [-0.2, -0.15) is 8.42 Å². The fraction of sp³-hybridized carbons (Fsp3) is 0.286. The zero-order chi connectivity index (χ0) is 10.6. The second-order valence-corrected chi connectivity index (χ2v) is 3.82. The van der Waals surface area contributed by atoms with Gasteiger partial charge in [-0.15, -0.1) is 0 Å². The molecule has 2 N–H and O–H groups in total. The van der Waals surface area contributed by atoms with E-state index in [1.165, 1.54) is 13.8 Å². The van der Waals surface area contributed by atoms with Gasteiger partial charge in [-0.1, -0.05) is 6.58 Å². The van der Waals surface area contributed by atoms with Crippen LogP contribution < -0.4 is 5.32 Å². The number of carbonyl (C=O) groups excluding carboxylic acids is 1. The molecule has 0 rings (SSSR count). The van der Waals surface area contributed by atoms with Crippen LogP contribution in [0.25, 0.3) is 0 Å². The molecular weight excluding hydrogens is 194 g/mol. The maximum absolute atomic E-state index is 10.9. The van der Waals surface area contributed by atoms with Crippen molar-refractivity contribution >= 4 is 16.0 Å². The summed E-state index contributed by atoms with van der Waals surface area (Å²) >= 11 is 0. The standard InChI is InChI=1S/C7H11NO4S/c1-5(2)7(9)8-6(3)4-13(10,11)12/h4H,1H2,2-3H3,(H,8,9)(H,10,11,12)/b6-4+. The fourth-order valence-corrected chi connectivity index (χ4v) is 1.04. The molecule has 5 nitrogen and oxygen atoms in total. The highest BCUT2D eigenvalue weighted by Crippen LogP contribution is 1.95. The lowest BCUT2D eigenvalue weighted by molar-refractivity contribution is -0.116. The van der Waals surface area contributed by atoms with E-state index in [2.05, 4.69) is 11.9 Å². The molecule has 0 aliphatic rings. The molecule has 0 fully saturated rings. The summed E-state index contributed by atoms with van der Waals surface area (Å²) in [4.78, 5) is 10.9. The summed E-state index contributed by atoms with van der Waals surface area (Å²) in [6.45, 7) is 6.18. The second kappa shape index (κ2) is 4.20. The number of allylic oxidation sites excluding steroid dienone is 1. The maximum Gasteiger partial charge on any atom is 0.289 e. The topological polar surface area (TPSA) is 83.5 Å². The first kappa shape index (κ1) is 11.9. The Morgan fingerprint density at radius 1 is 1.46 bits per heavy atom. The smallest absolute Gasteiger partial charge is 0.289 e. The Labute approximate surface area is 76.9 Å². The van der Waals surface area contributed by atoms with Gasteiger partial charge >= 0.3 is 0 Å². The van der Waals surface area contributed by atoms with Crippen molar-refractivity contribution in [3.05, 3.63) is 23.3 Å². The van der Waals surface area contributed by atoms with E-state index in [0.717, 1.165) is 0 Å². The SMILES string of the molecule is C=C(C)C(=O)N/C(C)=C/S(=O)(=O)O. The predicted octanol–water partition coefficient (Wildman–Crippen LogP) is 0.428. The molecule has 0 aromatic rings. The Morgan fingerprint density at radius 3 is 2.23 bits per heavy atom. The predicted molar refractivity (Wildman–Crippen MR) is 48.3 cm³/mol. The summed E-state index contributed by atoms with van der Waals surface area (Å²) in [5, 5.41) is 2.77. The molecule has 0 aliphatic heterocycles. The van der Waals surface area contributed by atoms with Gasteiger partial charge in [0.25, 0.3) is 10.1 Å². The molecule has 0 bridgehead atoms. The van der Waals surface area contributed by atoms with Gasteiger partial charge < -0.3 is 5.32 Å². The highest BCUT2D eigenvalue weighted by molar-refractivity contribution is 7.88. The Morgan fingerprint density at radius 2 is 1.92 bits per heavy atom. The Hall–Kier alpha value is -1.14. The molecule has 0 aromatic heterocycles. The molecule has 74 valence electrons. The highest BCUT2D eigenvalue weighted by Gasteiger charge is 2.04. The van der Waals surface area contributed by atoms with Crippen molar-refractivity contribution in [2.45, 2.75) is 13.8 Å². The van der Waals surface area contributed by atoms with E-state index in [4.69, 9.17) is 4.55 Å². The van der Waals surface area contributed by atoms with E-state index in [1.54, 1.807) is 0 Å². The first-order chi connectivity index (χ1) is 5.72. The van der Waals surface area contributed by atoms with Gasteiger partial charge in [-0.25, -0.2) is 0 Å². The molecular formula is C7H11NO4S. The molecule has 0 aliphatic carbocycles. The van der Waals surface area contributed by atoms with E-state index < -0.39 is 16.0 Å². The third-order valence-corrected chi connectivity index (χ3v) is 1.68. The number of rotatable bonds is 3. The largest absolute Gasteiger partial charge is 0.326 e. The molecule has 0 spiro atoms. The molecule has 0 aromatic carbocycles. The molecule has 0 heterocycles. The van der Waals surface area contributed by atoms with Gasteiger partial charge in [0.05, 0.1) is 5.41 Å². The van der Waals surface area contributed by atoms with E-state index in [0.29, 0.717) is 5.41 Å². The fourth-order valence-electron chi connectivity index (χ4n) is 0.539. The minimum Gasteiger partial charge on any atom is -0.326 e. The van der Waals surface area contributed by atoms with Crippen LogP contribution in [0.1, 0.15) is 13.8 Å². The average Bonchev–Trinajstić information content (AvgIpc) is 1.81. The summed E-state index contributed by atoms with van der Waals surface area (Å²) in [6.07, 6.45) is 0. The third-order valence-electron chi connectivity index (χ3n) is 1.02. The van der Waals surface area contributed by atoms with Crippen LogP contribution in [-0.4, -0.2) is 18.9 Å². The summed E-state index contributed by atoms with van der Waals surface area (Å²) in [5.74, 6) is -0.489. The van der Waals surface area contributed by atoms with Crippen molar-refractivity contribution in [3.63, 3.8) is 0 Å².